The zero-order chi connectivity index (χ0) is 18.7. The zero-order valence-electron chi connectivity index (χ0n) is 15.3. The van der Waals surface area contributed by atoms with Gasteiger partial charge in [0.2, 0.25) is 0 Å². The fourth-order valence-electron chi connectivity index (χ4n) is 2.81. The van der Waals surface area contributed by atoms with E-state index in [2.05, 4.69) is 30.7 Å². The maximum absolute atomic E-state index is 9.44. The minimum atomic E-state index is -1.12. The Labute approximate surface area is 160 Å². The first-order valence-electron chi connectivity index (χ1n) is 8.62. The van der Waals surface area contributed by atoms with E-state index in [1.54, 1.807) is 6.07 Å². The summed E-state index contributed by atoms with van der Waals surface area (Å²) in [7, 11) is -1.12. The molecule has 1 aromatic carbocycles. The molecule has 0 radical (unpaired) electrons. The molecule has 0 spiro atoms. The lowest BCUT2D eigenvalue weighted by molar-refractivity contribution is 0.0899. The van der Waals surface area contributed by atoms with Crippen LogP contribution in [0.4, 0.5) is 0 Å². The van der Waals surface area contributed by atoms with Gasteiger partial charge in [0, 0.05) is 37.4 Å². The summed E-state index contributed by atoms with van der Waals surface area (Å²) in [4.78, 5) is 4.48. The van der Waals surface area contributed by atoms with E-state index in [1.807, 2.05) is 41.1 Å². The van der Waals surface area contributed by atoms with Crippen LogP contribution in [0, 0.1) is 11.3 Å². The fourth-order valence-corrected chi connectivity index (χ4v) is 3.71. The Balaban J connectivity index is 1.97. The highest BCUT2D eigenvalue weighted by molar-refractivity contribution is 6.76. The van der Waals surface area contributed by atoms with Crippen molar-refractivity contribution < 1.29 is 4.74 Å². The Morgan fingerprint density at radius 3 is 2.65 bits per heavy atom. The maximum Gasteiger partial charge on any atom is 0.144 e. The SMILES string of the molecule is C[Si](C)(C)CCOCn1cc(-c2ccccc2C#N)c2ccc(Cl)nc21. The summed E-state index contributed by atoms with van der Waals surface area (Å²) in [5.41, 5.74) is 3.27. The lowest BCUT2D eigenvalue weighted by Gasteiger charge is -2.15. The van der Waals surface area contributed by atoms with Gasteiger partial charge in [0.25, 0.3) is 0 Å². The predicted molar refractivity (Wildman–Crippen MR) is 109 cm³/mol. The van der Waals surface area contributed by atoms with E-state index in [-0.39, 0.29) is 0 Å². The summed E-state index contributed by atoms with van der Waals surface area (Å²) < 4.78 is 7.87. The summed E-state index contributed by atoms with van der Waals surface area (Å²) >= 11 is 6.11. The van der Waals surface area contributed by atoms with Crippen molar-refractivity contribution in [3.8, 4) is 17.2 Å². The number of ether oxygens (including phenoxy) is 1. The van der Waals surface area contributed by atoms with Crippen LogP contribution in [0.3, 0.4) is 0 Å². The normalized spacial score (nSPS) is 11.7. The fraction of sp³-hybridized carbons (Fsp3) is 0.300. The highest BCUT2D eigenvalue weighted by atomic mass is 35.5. The van der Waals surface area contributed by atoms with Gasteiger partial charge >= 0.3 is 0 Å². The molecule has 6 heteroatoms. The van der Waals surface area contributed by atoms with Crippen molar-refractivity contribution >= 4 is 30.7 Å². The van der Waals surface area contributed by atoms with Crippen molar-refractivity contribution in [2.45, 2.75) is 32.4 Å². The summed E-state index contributed by atoms with van der Waals surface area (Å²) in [6, 6.07) is 14.7. The number of rotatable bonds is 6. The number of hydrogen-bond donors (Lipinski definition) is 0. The van der Waals surface area contributed by atoms with Crippen LogP contribution in [0.1, 0.15) is 5.56 Å². The van der Waals surface area contributed by atoms with Crippen molar-refractivity contribution in [1.82, 2.24) is 9.55 Å². The molecule has 0 aliphatic heterocycles. The van der Waals surface area contributed by atoms with E-state index in [4.69, 9.17) is 16.3 Å². The smallest absolute Gasteiger partial charge is 0.144 e. The lowest BCUT2D eigenvalue weighted by atomic mass is 10.0. The molecule has 0 fully saturated rings. The molecule has 2 heterocycles. The number of pyridine rings is 1. The molecular weight excluding hydrogens is 362 g/mol. The van der Waals surface area contributed by atoms with Gasteiger partial charge in [0.1, 0.15) is 17.5 Å². The molecule has 0 aliphatic rings. The first-order valence-corrected chi connectivity index (χ1v) is 12.7. The van der Waals surface area contributed by atoms with Crippen LogP contribution in [-0.4, -0.2) is 24.2 Å². The monoisotopic (exact) mass is 383 g/mol. The molecule has 0 saturated heterocycles. The highest BCUT2D eigenvalue weighted by Crippen LogP contribution is 2.32. The van der Waals surface area contributed by atoms with Crippen LogP contribution >= 0.6 is 11.6 Å². The molecular formula is C20H22ClN3OSi. The number of aromatic nitrogens is 2. The molecule has 0 amide bonds. The number of fused-ring (bicyclic) bond motifs is 1. The maximum atomic E-state index is 9.44. The van der Waals surface area contributed by atoms with Gasteiger partial charge < -0.3 is 9.30 Å². The van der Waals surface area contributed by atoms with Crippen molar-refractivity contribution in [1.29, 1.82) is 5.26 Å². The van der Waals surface area contributed by atoms with Crippen LogP contribution in [0.25, 0.3) is 22.2 Å². The molecule has 0 bridgehead atoms. The third-order valence-electron chi connectivity index (χ3n) is 4.25. The molecule has 0 aliphatic carbocycles. The molecule has 0 N–H and O–H groups in total. The van der Waals surface area contributed by atoms with Gasteiger partial charge in [-0.3, -0.25) is 0 Å². The van der Waals surface area contributed by atoms with Crippen molar-refractivity contribution in [3.05, 3.63) is 53.3 Å². The topological polar surface area (TPSA) is 50.8 Å². The number of benzene rings is 1. The number of nitrogens with zero attached hydrogens (tertiary/aromatic N) is 3. The molecule has 3 rings (SSSR count). The largest absolute Gasteiger partial charge is 0.361 e. The molecule has 2 aromatic heterocycles. The van der Waals surface area contributed by atoms with Gasteiger partial charge in [-0.05, 0) is 24.2 Å². The quantitative estimate of drug-likeness (QED) is 0.319. The summed E-state index contributed by atoms with van der Waals surface area (Å²) in [5.74, 6) is 0. The van der Waals surface area contributed by atoms with Gasteiger partial charge in [-0.1, -0.05) is 49.4 Å². The number of hydrogen-bond acceptors (Lipinski definition) is 3. The third kappa shape index (κ3) is 4.16. The first-order chi connectivity index (χ1) is 12.4. The Morgan fingerprint density at radius 1 is 1.15 bits per heavy atom. The molecule has 3 aromatic rings. The molecule has 0 atom stereocenters. The summed E-state index contributed by atoms with van der Waals surface area (Å²) in [5, 5.41) is 10.8. The standard InChI is InChI=1S/C20H22ClN3OSi/c1-26(2,3)11-10-25-14-24-13-18(16-7-5-4-6-15(16)12-22)17-8-9-19(21)23-20(17)24/h4-9,13H,10-11,14H2,1-3H3. The Bertz CT molecular complexity index is 969. The number of halogens is 1. The van der Waals surface area contributed by atoms with E-state index in [1.165, 1.54) is 0 Å². The van der Waals surface area contributed by atoms with Crippen molar-refractivity contribution in [3.63, 3.8) is 0 Å². The van der Waals surface area contributed by atoms with Gasteiger partial charge in [-0.15, -0.1) is 0 Å². The van der Waals surface area contributed by atoms with Crippen LogP contribution in [0.5, 0.6) is 0 Å². The van der Waals surface area contributed by atoms with Crippen molar-refractivity contribution in [2.75, 3.05) is 6.61 Å². The zero-order valence-corrected chi connectivity index (χ0v) is 17.0. The summed E-state index contributed by atoms with van der Waals surface area (Å²) in [6.45, 7) is 8.15. The average Bonchev–Trinajstić information content (AvgIpc) is 2.95. The second-order valence-electron chi connectivity index (χ2n) is 7.52. The Kier molecular flexibility index (Phi) is 5.47. The highest BCUT2D eigenvalue weighted by Gasteiger charge is 2.16. The Morgan fingerprint density at radius 2 is 1.92 bits per heavy atom. The van der Waals surface area contributed by atoms with Gasteiger partial charge in [-0.25, -0.2) is 4.98 Å². The van der Waals surface area contributed by atoms with Gasteiger partial charge in [0.15, 0.2) is 0 Å². The third-order valence-corrected chi connectivity index (χ3v) is 6.17. The second kappa shape index (κ2) is 7.63. The molecule has 0 saturated carbocycles. The van der Waals surface area contributed by atoms with E-state index < -0.39 is 8.07 Å². The molecule has 134 valence electrons. The molecule has 26 heavy (non-hydrogen) atoms. The predicted octanol–water partition coefficient (Wildman–Crippen LogP) is 5.54. The summed E-state index contributed by atoms with van der Waals surface area (Å²) in [6.07, 6.45) is 2.00. The van der Waals surface area contributed by atoms with E-state index in [0.717, 1.165) is 34.8 Å². The average molecular weight is 384 g/mol. The second-order valence-corrected chi connectivity index (χ2v) is 13.5. The van der Waals surface area contributed by atoms with Crippen LogP contribution < -0.4 is 0 Å². The van der Waals surface area contributed by atoms with Gasteiger partial charge in [0.05, 0.1) is 11.6 Å². The van der Waals surface area contributed by atoms with E-state index in [9.17, 15) is 5.26 Å². The minimum Gasteiger partial charge on any atom is -0.361 e. The van der Waals surface area contributed by atoms with E-state index in [0.29, 0.717) is 17.4 Å². The number of nitriles is 1. The van der Waals surface area contributed by atoms with Crippen LogP contribution in [-0.2, 0) is 11.5 Å². The van der Waals surface area contributed by atoms with Gasteiger partial charge in [-0.2, -0.15) is 5.26 Å². The van der Waals surface area contributed by atoms with Crippen LogP contribution in [0.15, 0.2) is 42.6 Å². The van der Waals surface area contributed by atoms with E-state index >= 15 is 0 Å². The Hall–Kier alpha value is -2.13. The van der Waals surface area contributed by atoms with Crippen molar-refractivity contribution in [2.24, 2.45) is 0 Å². The minimum absolute atomic E-state index is 0.420. The first kappa shape index (κ1) is 18.7. The molecule has 4 nitrogen and oxygen atoms in total. The molecule has 0 unspecified atom stereocenters. The van der Waals surface area contributed by atoms with Crippen LogP contribution in [0.2, 0.25) is 30.8 Å². The lowest BCUT2D eigenvalue weighted by Crippen LogP contribution is -2.22.